The van der Waals surface area contributed by atoms with E-state index in [0.29, 0.717) is 62.6 Å². The number of methoxy groups -OCH3 is 1. The summed E-state index contributed by atoms with van der Waals surface area (Å²) in [5, 5.41) is 21.4. The molecule has 0 aliphatic heterocycles. The van der Waals surface area contributed by atoms with Crippen molar-refractivity contribution >= 4 is 22.5 Å². The molecule has 1 saturated carbocycles. The molecule has 1 N–H and O–H groups in total. The highest BCUT2D eigenvalue weighted by Gasteiger charge is 2.39. The first-order valence-electron chi connectivity index (χ1n) is 11.2. The summed E-state index contributed by atoms with van der Waals surface area (Å²) in [6.07, 6.45) is 3.86. The number of fused-ring (bicyclic) bond motifs is 1. The molecular formula is C25H26ClN5O3. The zero-order valence-corrected chi connectivity index (χ0v) is 20.3. The number of aromatic nitrogens is 5. The maximum Gasteiger partial charge on any atom is 0.258 e. The lowest BCUT2D eigenvalue weighted by Crippen LogP contribution is -2.32. The molecular weight excluding hydrogens is 454 g/mol. The Labute approximate surface area is 202 Å². The van der Waals surface area contributed by atoms with Crippen molar-refractivity contribution in [3.63, 3.8) is 0 Å². The number of aryl methyl sites for hydroxylation is 3. The molecule has 1 unspecified atom stereocenters. The lowest BCUT2D eigenvalue weighted by atomic mass is 9.82. The molecule has 0 radical (unpaired) electrons. The molecule has 3 aromatic heterocycles. The summed E-state index contributed by atoms with van der Waals surface area (Å²) in [6, 6.07) is 9.23. The van der Waals surface area contributed by atoms with E-state index in [1.54, 1.807) is 25.0 Å². The van der Waals surface area contributed by atoms with Crippen molar-refractivity contribution in [2.45, 2.75) is 32.3 Å². The Morgan fingerprint density at radius 2 is 1.97 bits per heavy atom. The Morgan fingerprint density at radius 3 is 2.62 bits per heavy atom. The van der Waals surface area contributed by atoms with Gasteiger partial charge in [-0.15, -0.1) is 5.10 Å². The molecule has 0 bridgehead atoms. The van der Waals surface area contributed by atoms with Crippen molar-refractivity contribution in [2.75, 3.05) is 13.7 Å². The first-order chi connectivity index (χ1) is 16.3. The fraction of sp³-hybridized carbons (Fsp3) is 0.360. The van der Waals surface area contributed by atoms with Gasteiger partial charge in [0.1, 0.15) is 0 Å². The smallest absolute Gasteiger partial charge is 0.258 e. The van der Waals surface area contributed by atoms with Gasteiger partial charge < -0.3 is 14.6 Å². The van der Waals surface area contributed by atoms with Gasteiger partial charge in [-0.3, -0.25) is 4.98 Å². The summed E-state index contributed by atoms with van der Waals surface area (Å²) in [6.45, 7) is 4.36. The van der Waals surface area contributed by atoms with Crippen molar-refractivity contribution in [1.82, 2.24) is 25.0 Å². The van der Waals surface area contributed by atoms with Crippen molar-refractivity contribution in [1.29, 1.82) is 0 Å². The average molecular weight is 480 g/mol. The van der Waals surface area contributed by atoms with Gasteiger partial charge in [-0.25, -0.2) is 9.67 Å². The standard InChI is InChI=1S/C25H26ClN5O3/c1-14-5-9-19(15(2)28-14)25(32,21-12-27-30-31(21)3)17-8-10-20-18(11-17)22(26)23(24(29-20)33-4)34-13-16-6-7-16/h5,8-12,16,32H,6-7,13H2,1-4H3. The molecule has 4 aromatic rings. The van der Waals surface area contributed by atoms with E-state index >= 15 is 0 Å². The van der Waals surface area contributed by atoms with Crippen LogP contribution in [0.2, 0.25) is 5.02 Å². The molecule has 34 heavy (non-hydrogen) atoms. The van der Waals surface area contributed by atoms with Crippen LogP contribution in [0.4, 0.5) is 0 Å². The molecule has 0 amide bonds. The minimum atomic E-state index is -1.57. The van der Waals surface area contributed by atoms with E-state index in [4.69, 9.17) is 21.1 Å². The topological polar surface area (TPSA) is 95.2 Å². The van der Waals surface area contributed by atoms with Crippen LogP contribution >= 0.6 is 11.6 Å². The third-order valence-electron chi connectivity index (χ3n) is 6.32. The van der Waals surface area contributed by atoms with Crippen LogP contribution < -0.4 is 9.47 Å². The predicted molar refractivity (Wildman–Crippen MR) is 128 cm³/mol. The molecule has 1 aromatic carbocycles. The van der Waals surface area contributed by atoms with Gasteiger partial charge in [0.2, 0.25) is 5.75 Å². The first kappa shape index (κ1) is 22.6. The summed E-state index contributed by atoms with van der Waals surface area (Å²) in [5.41, 5.74) is 2.34. The van der Waals surface area contributed by atoms with Crippen LogP contribution in [0, 0.1) is 19.8 Å². The molecule has 8 nitrogen and oxygen atoms in total. The number of aliphatic hydroxyl groups is 1. The van der Waals surface area contributed by atoms with Crippen LogP contribution in [-0.4, -0.2) is 43.8 Å². The molecule has 5 rings (SSSR count). The number of ether oxygens (including phenoxy) is 2. The molecule has 1 aliphatic rings. The van der Waals surface area contributed by atoms with Gasteiger partial charge in [0.25, 0.3) is 5.88 Å². The fourth-order valence-electron chi connectivity index (χ4n) is 4.29. The fourth-order valence-corrected chi connectivity index (χ4v) is 4.57. The van der Waals surface area contributed by atoms with E-state index in [2.05, 4.69) is 20.3 Å². The molecule has 3 heterocycles. The lowest BCUT2D eigenvalue weighted by Gasteiger charge is -2.30. The second kappa shape index (κ2) is 8.52. The van der Waals surface area contributed by atoms with Crippen molar-refractivity contribution < 1.29 is 14.6 Å². The number of hydrogen-bond donors (Lipinski definition) is 1. The van der Waals surface area contributed by atoms with E-state index in [1.165, 1.54) is 0 Å². The first-order valence-corrected chi connectivity index (χ1v) is 11.5. The molecule has 1 fully saturated rings. The Morgan fingerprint density at radius 1 is 1.18 bits per heavy atom. The maximum atomic E-state index is 12.3. The Hall–Kier alpha value is -3.23. The van der Waals surface area contributed by atoms with E-state index in [-0.39, 0.29) is 0 Å². The monoisotopic (exact) mass is 479 g/mol. The SMILES string of the molecule is COc1nc2ccc(C(O)(c3ccc(C)nc3C)c3cnnn3C)cc2c(Cl)c1OCC1CC1. The number of nitrogens with zero attached hydrogens (tertiary/aromatic N) is 5. The van der Waals surface area contributed by atoms with Gasteiger partial charge in [0, 0.05) is 29.4 Å². The van der Waals surface area contributed by atoms with Crippen LogP contribution in [0.3, 0.4) is 0 Å². The molecule has 1 aliphatic carbocycles. The van der Waals surface area contributed by atoms with E-state index < -0.39 is 5.60 Å². The third kappa shape index (κ3) is 3.76. The largest absolute Gasteiger partial charge is 0.486 e. The van der Waals surface area contributed by atoms with E-state index in [9.17, 15) is 5.11 Å². The minimum Gasteiger partial charge on any atom is -0.486 e. The summed E-state index contributed by atoms with van der Waals surface area (Å²) >= 11 is 6.84. The second-order valence-electron chi connectivity index (χ2n) is 8.79. The average Bonchev–Trinajstić information content (AvgIpc) is 3.55. The van der Waals surface area contributed by atoms with Gasteiger partial charge >= 0.3 is 0 Å². The van der Waals surface area contributed by atoms with Crippen molar-refractivity contribution in [3.05, 3.63) is 69.8 Å². The van der Waals surface area contributed by atoms with Crippen molar-refractivity contribution in [3.8, 4) is 11.6 Å². The number of pyridine rings is 2. The number of rotatable bonds is 7. The van der Waals surface area contributed by atoms with Gasteiger partial charge in [0.15, 0.2) is 5.60 Å². The highest BCUT2D eigenvalue weighted by molar-refractivity contribution is 6.37. The van der Waals surface area contributed by atoms with Crippen LogP contribution in [-0.2, 0) is 12.6 Å². The zero-order valence-electron chi connectivity index (χ0n) is 19.5. The summed E-state index contributed by atoms with van der Waals surface area (Å²) in [4.78, 5) is 9.19. The molecule has 0 spiro atoms. The van der Waals surface area contributed by atoms with Gasteiger partial charge in [-0.1, -0.05) is 28.9 Å². The minimum absolute atomic E-state index is 0.343. The molecule has 9 heteroatoms. The number of benzene rings is 1. The summed E-state index contributed by atoms with van der Waals surface area (Å²) in [7, 11) is 3.29. The lowest BCUT2D eigenvalue weighted by molar-refractivity contribution is 0.115. The maximum absolute atomic E-state index is 12.3. The Kier molecular flexibility index (Phi) is 5.65. The van der Waals surface area contributed by atoms with Crippen LogP contribution in [0.1, 0.15) is 41.1 Å². The van der Waals surface area contributed by atoms with Crippen LogP contribution in [0.5, 0.6) is 11.6 Å². The van der Waals surface area contributed by atoms with Crippen LogP contribution in [0.15, 0.2) is 36.5 Å². The summed E-state index contributed by atoms with van der Waals surface area (Å²) < 4.78 is 13.0. The van der Waals surface area contributed by atoms with E-state index in [0.717, 1.165) is 18.5 Å². The Balaban J connectivity index is 1.72. The van der Waals surface area contributed by atoms with Gasteiger partial charge in [-0.05, 0) is 56.4 Å². The van der Waals surface area contributed by atoms with Crippen LogP contribution in [0.25, 0.3) is 10.9 Å². The quantitative estimate of drug-likeness (QED) is 0.426. The van der Waals surface area contributed by atoms with E-state index in [1.807, 2.05) is 44.2 Å². The molecule has 0 saturated heterocycles. The Bertz CT molecular complexity index is 1380. The highest BCUT2D eigenvalue weighted by Crippen LogP contribution is 2.43. The van der Waals surface area contributed by atoms with Gasteiger partial charge in [-0.2, -0.15) is 0 Å². The predicted octanol–water partition coefficient (Wildman–Crippen LogP) is 4.11. The number of hydrogen-bond acceptors (Lipinski definition) is 7. The highest BCUT2D eigenvalue weighted by atomic mass is 35.5. The third-order valence-corrected chi connectivity index (χ3v) is 6.70. The second-order valence-corrected chi connectivity index (χ2v) is 9.17. The summed E-state index contributed by atoms with van der Waals surface area (Å²) in [5.74, 6) is 1.30. The molecule has 176 valence electrons. The van der Waals surface area contributed by atoms with Gasteiger partial charge in [0.05, 0.1) is 36.1 Å². The van der Waals surface area contributed by atoms with Crippen molar-refractivity contribution in [2.24, 2.45) is 13.0 Å². The number of halogens is 1. The molecule has 1 atom stereocenters. The zero-order chi connectivity index (χ0) is 24.0. The normalized spacial score (nSPS) is 15.4.